The summed E-state index contributed by atoms with van der Waals surface area (Å²) in [6.07, 6.45) is 1.90. The number of anilines is 2. The van der Waals surface area contributed by atoms with Crippen molar-refractivity contribution in [2.24, 2.45) is 5.92 Å². The van der Waals surface area contributed by atoms with Crippen LogP contribution in [0.4, 0.5) is 10.8 Å². The van der Waals surface area contributed by atoms with E-state index in [1.807, 2.05) is 25.1 Å². The quantitative estimate of drug-likeness (QED) is 0.934. The number of ether oxygens (including phenoxy) is 1. The highest BCUT2D eigenvalue weighted by atomic mass is 32.1. The van der Waals surface area contributed by atoms with E-state index in [2.05, 4.69) is 10.3 Å². The second kappa shape index (κ2) is 6.37. The van der Waals surface area contributed by atoms with E-state index in [0.29, 0.717) is 23.1 Å². The van der Waals surface area contributed by atoms with Crippen molar-refractivity contribution in [2.75, 3.05) is 23.9 Å². The lowest BCUT2D eigenvalue weighted by atomic mass is 10.1. The summed E-state index contributed by atoms with van der Waals surface area (Å²) in [7, 11) is 1.56. The average Bonchev–Trinajstić information content (AvgIpc) is 3.13. The summed E-state index contributed by atoms with van der Waals surface area (Å²) in [5.74, 6) is -0.0239. The molecule has 6 nitrogen and oxygen atoms in total. The SMILES string of the molecule is COc1ccccc1N1C[C@H](C(=O)Nc2ncc(C)s2)CC1=O. The third-order valence-corrected chi connectivity index (χ3v) is 4.55. The summed E-state index contributed by atoms with van der Waals surface area (Å²) in [6.45, 7) is 2.27. The maximum atomic E-state index is 12.3. The molecule has 1 aliphatic rings. The fourth-order valence-corrected chi connectivity index (χ4v) is 3.26. The van der Waals surface area contributed by atoms with Gasteiger partial charge in [-0.3, -0.25) is 9.59 Å². The van der Waals surface area contributed by atoms with Crippen LogP contribution in [0.2, 0.25) is 0 Å². The maximum Gasteiger partial charge on any atom is 0.231 e. The predicted molar refractivity (Wildman–Crippen MR) is 88.9 cm³/mol. The lowest BCUT2D eigenvalue weighted by Crippen LogP contribution is -2.28. The molecule has 0 unspecified atom stereocenters. The molecule has 1 saturated heterocycles. The molecule has 0 saturated carbocycles. The number of benzene rings is 1. The van der Waals surface area contributed by atoms with E-state index < -0.39 is 5.92 Å². The van der Waals surface area contributed by atoms with Crippen molar-refractivity contribution in [3.05, 3.63) is 35.3 Å². The molecular weight excluding hydrogens is 314 g/mol. The maximum absolute atomic E-state index is 12.3. The van der Waals surface area contributed by atoms with Gasteiger partial charge in [-0.15, -0.1) is 11.3 Å². The van der Waals surface area contributed by atoms with E-state index in [1.165, 1.54) is 11.3 Å². The molecule has 1 aromatic heterocycles. The molecule has 0 spiro atoms. The first-order valence-electron chi connectivity index (χ1n) is 7.25. The number of methoxy groups -OCH3 is 1. The Morgan fingerprint density at radius 3 is 2.91 bits per heavy atom. The van der Waals surface area contributed by atoms with E-state index >= 15 is 0 Å². The van der Waals surface area contributed by atoms with Crippen LogP contribution in [0.15, 0.2) is 30.5 Å². The second-order valence-electron chi connectivity index (χ2n) is 5.34. The molecule has 23 heavy (non-hydrogen) atoms. The molecule has 0 aliphatic carbocycles. The van der Waals surface area contributed by atoms with Crippen LogP contribution in [-0.4, -0.2) is 30.5 Å². The van der Waals surface area contributed by atoms with Gasteiger partial charge in [0.25, 0.3) is 0 Å². The van der Waals surface area contributed by atoms with Crippen LogP contribution >= 0.6 is 11.3 Å². The first-order valence-corrected chi connectivity index (χ1v) is 8.07. The van der Waals surface area contributed by atoms with Crippen LogP contribution in [0.5, 0.6) is 5.75 Å². The van der Waals surface area contributed by atoms with Crippen LogP contribution in [-0.2, 0) is 9.59 Å². The van der Waals surface area contributed by atoms with Gasteiger partial charge in [0.15, 0.2) is 5.13 Å². The van der Waals surface area contributed by atoms with Gasteiger partial charge in [-0.25, -0.2) is 4.98 Å². The van der Waals surface area contributed by atoms with Gasteiger partial charge in [-0.2, -0.15) is 0 Å². The fraction of sp³-hybridized carbons (Fsp3) is 0.312. The van der Waals surface area contributed by atoms with Gasteiger partial charge in [0.1, 0.15) is 5.75 Å². The molecule has 1 fully saturated rings. The average molecular weight is 331 g/mol. The number of thiazole rings is 1. The van der Waals surface area contributed by atoms with Crippen LogP contribution in [0, 0.1) is 12.8 Å². The van der Waals surface area contributed by atoms with Gasteiger partial charge in [0.2, 0.25) is 11.8 Å². The van der Waals surface area contributed by atoms with Crippen LogP contribution in [0.1, 0.15) is 11.3 Å². The fourth-order valence-electron chi connectivity index (χ4n) is 2.59. The van der Waals surface area contributed by atoms with Gasteiger partial charge in [-0.05, 0) is 19.1 Å². The number of carbonyl (C=O) groups is 2. The Kier molecular flexibility index (Phi) is 4.29. The smallest absolute Gasteiger partial charge is 0.231 e. The van der Waals surface area contributed by atoms with Crippen molar-refractivity contribution in [3.63, 3.8) is 0 Å². The summed E-state index contributed by atoms with van der Waals surface area (Å²) < 4.78 is 5.30. The highest BCUT2D eigenvalue weighted by Crippen LogP contribution is 2.33. The summed E-state index contributed by atoms with van der Waals surface area (Å²) in [5.41, 5.74) is 0.695. The molecular formula is C16H17N3O3S. The first kappa shape index (κ1) is 15.5. The van der Waals surface area contributed by atoms with Crippen LogP contribution < -0.4 is 15.0 Å². The molecule has 1 aromatic carbocycles. The Morgan fingerprint density at radius 1 is 1.43 bits per heavy atom. The molecule has 3 rings (SSSR count). The van der Waals surface area contributed by atoms with Crippen molar-refractivity contribution in [1.82, 2.24) is 4.98 Å². The van der Waals surface area contributed by atoms with Crippen molar-refractivity contribution in [2.45, 2.75) is 13.3 Å². The molecule has 2 heterocycles. The van der Waals surface area contributed by atoms with Crippen LogP contribution in [0.3, 0.4) is 0 Å². The van der Waals surface area contributed by atoms with Gasteiger partial charge in [0, 0.05) is 24.0 Å². The highest BCUT2D eigenvalue weighted by molar-refractivity contribution is 7.15. The monoisotopic (exact) mass is 331 g/mol. The van der Waals surface area contributed by atoms with Crippen molar-refractivity contribution >= 4 is 34.0 Å². The molecule has 2 amide bonds. The summed E-state index contributed by atoms with van der Waals surface area (Å²) in [5, 5.41) is 3.35. The second-order valence-corrected chi connectivity index (χ2v) is 6.58. The minimum atomic E-state index is -0.392. The van der Waals surface area contributed by atoms with Crippen molar-refractivity contribution < 1.29 is 14.3 Å². The third kappa shape index (κ3) is 3.19. The number of amides is 2. The summed E-state index contributed by atoms with van der Waals surface area (Å²) in [4.78, 5) is 31.4. The Morgan fingerprint density at radius 2 is 2.22 bits per heavy atom. The summed E-state index contributed by atoms with van der Waals surface area (Å²) in [6, 6.07) is 7.31. The number of aryl methyl sites for hydroxylation is 1. The Hall–Kier alpha value is -2.41. The highest BCUT2D eigenvalue weighted by Gasteiger charge is 2.36. The number of carbonyl (C=O) groups excluding carboxylic acids is 2. The van der Waals surface area contributed by atoms with Gasteiger partial charge >= 0.3 is 0 Å². The van der Waals surface area contributed by atoms with E-state index in [1.54, 1.807) is 24.3 Å². The first-order chi connectivity index (χ1) is 11.1. The van der Waals surface area contributed by atoms with Gasteiger partial charge in [0.05, 0.1) is 18.7 Å². The predicted octanol–water partition coefficient (Wildman–Crippen LogP) is 2.45. The Bertz CT molecular complexity index is 744. The number of nitrogens with zero attached hydrogens (tertiary/aromatic N) is 2. The van der Waals surface area contributed by atoms with Crippen molar-refractivity contribution in [1.29, 1.82) is 0 Å². The number of aromatic nitrogens is 1. The van der Waals surface area contributed by atoms with Crippen molar-refractivity contribution in [3.8, 4) is 5.75 Å². The van der Waals surface area contributed by atoms with E-state index in [0.717, 1.165) is 4.88 Å². The molecule has 2 aromatic rings. The summed E-state index contributed by atoms with van der Waals surface area (Å²) >= 11 is 1.42. The van der Waals surface area contributed by atoms with E-state index in [-0.39, 0.29) is 18.2 Å². The zero-order valence-corrected chi connectivity index (χ0v) is 13.7. The molecule has 0 radical (unpaired) electrons. The molecule has 0 bridgehead atoms. The standard InChI is InChI=1S/C16H17N3O3S/c1-10-8-17-16(23-10)18-15(21)11-7-14(20)19(9-11)12-5-3-4-6-13(12)22-2/h3-6,8,11H,7,9H2,1-2H3,(H,17,18,21)/t11-/m1/s1. The molecule has 1 atom stereocenters. The molecule has 7 heteroatoms. The minimum Gasteiger partial charge on any atom is -0.495 e. The van der Waals surface area contributed by atoms with Gasteiger partial charge in [-0.1, -0.05) is 12.1 Å². The Balaban J connectivity index is 1.73. The zero-order valence-electron chi connectivity index (χ0n) is 12.9. The van der Waals surface area contributed by atoms with Crippen LogP contribution in [0.25, 0.3) is 0 Å². The molecule has 1 N–H and O–H groups in total. The molecule has 1 aliphatic heterocycles. The lowest BCUT2D eigenvalue weighted by molar-refractivity contribution is -0.122. The normalized spacial score (nSPS) is 17.4. The molecule has 120 valence electrons. The number of rotatable bonds is 4. The largest absolute Gasteiger partial charge is 0.495 e. The number of para-hydroxylation sites is 2. The topological polar surface area (TPSA) is 71.5 Å². The lowest BCUT2D eigenvalue weighted by Gasteiger charge is -2.19. The van der Waals surface area contributed by atoms with E-state index in [9.17, 15) is 9.59 Å². The number of hydrogen-bond donors (Lipinski definition) is 1. The number of hydrogen-bond acceptors (Lipinski definition) is 5. The van der Waals surface area contributed by atoms with Gasteiger partial charge < -0.3 is 15.0 Å². The number of nitrogens with one attached hydrogen (secondary N) is 1. The Labute approximate surface area is 138 Å². The third-order valence-electron chi connectivity index (χ3n) is 3.72. The zero-order chi connectivity index (χ0) is 16.4. The minimum absolute atomic E-state index is 0.0787. The van der Waals surface area contributed by atoms with E-state index in [4.69, 9.17) is 4.74 Å².